The van der Waals surface area contributed by atoms with E-state index in [1.165, 1.54) is 49.8 Å². The highest BCUT2D eigenvalue weighted by Crippen LogP contribution is 2.60. The fraction of sp³-hybridized carbons (Fsp3) is 0.455. The van der Waals surface area contributed by atoms with E-state index in [0.717, 1.165) is 29.4 Å². The Morgan fingerprint density at radius 1 is 0.846 bits per heavy atom. The van der Waals surface area contributed by atoms with Crippen LogP contribution in [0.2, 0.25) is 0 Å². The summed E-state index contributed by atoms with van der Waals surface area (Å²) in [5.74, 6) is 5.69. The first-order chi connectivity index (χ1) is 12.7. The smallest absolute Gasteiger partial charge is 0.269 e. The van der Waals surface area contributed by atoms with E-state index in [4.69, 9.17) is 4.74 Å². The quantitative estimate of drug-likeness (QED) is 0.508. The average Bonchev–Trinajstić information content (AvgIpc) is 2.62. The van der Waals surface area contributed by atoms with E-state index in [1.807, 2.05) is 12.1 Å². The summed E-state index contributed by atoms with van der Waals surface area (Å²) in [5.41, 5.74) is 1.42. The van der Waals surface area contributed by atoms with Gasteiger partial charge < -0.3 is 4.74 Å². The van der Waals surface area contributed by atoms with Gasteiger partial charge in [0.05, 0.1) is 4.92 Å². The van der Waals surface area contributed by atoms with Crippen LogP contribution in [0.5, 0.6) is 11.5 Å². The number of hydrogen-bond acceptors (Lipinski definition) is 3. The molecule has 2 aromatic carbocycles. The number of hydrogen-bond donors (Lipinski definition) is 0. The normalized spacial score (nSPS) is 31.8. The lowest BCUT2D eigenvalue weighted by Crippen LogP contribution is -2.43. The van der Waals surface area contributed by atoms with Gasteiger partial charge in [0.25, 0.3) is 5.69 Å². The third-order valence-corrected chi connectivity index (χ3v) is 6.78. The summed E-state index contributed by atoms with van der Waals surface area (Å²) in [6, 6.07) is 14.8. The molecule has 4 bridgehead atoms. The lowest BCUT2D eigenvalue weighted by Gasteiger charge is -2.54. The molecule has 134 valence electrons. The van der Waals surface area contributed by atoms with E-state index in [0.29, 0.717) is 11.7 Å². The molecule has 4 aliphatic carbocycles. The van der Waals surface area contributed by atoms with Gasteiger partial charge in [-0.1, -0.05) is 18.2 Å². The molecule has 26 heavy (non-hydrogen) atoms. The third-order valence-electron chi connectivity index (χ3n) is 6.78. The number of para-hydroxylation sites is 1. The van der Waals surface area contributed by atoms with Crippen molar-refractivity contribution < 1.29 is 9.66 Å². The van der Waals surface area contributed by atoms with Gasteiger partial charge in [-0.25, -0.2) is 0 Å². The Morgan fingerprint density at radius 3 is 2.08 bits per heavy atom. The van der Waals surface area contributed by atoms with E-state index >= 15 is 0 Å². The Balaban J connectivity index is 1.43. The summed E-state index contributed by atoms with van der Waals surface area (Å²) in [7, 11) is 0. The molecule has 0 aromatic heterocycles. The van der Waals surface area contributed by atoms with Crippen LogP contribution in [0.1, 0.15) is 43.6 Å². The Kier molecular flexibility index (Phi) is 3.73. The predicted molar refractivity (Wildman–Crippen MR) is 99.4 cm³/mol. The van der Waals surface area contributed by atoms with Gasteiger partial charge in [-0.05, 0) is 85.5 Å². The first-order valence-electron chi connectivity index (χ1n) is 9.68. The molecule has 4 aliphatic rings. The molecule has 0 amide bonds. The first kappa shape index (κ1) is 15.9. The van der Waals surface area contributed by atoms with Crippen molar-refractivity contribution in [1.82, 2.24) is 0 Å². The second-order valence-electron chi connectivity index (χ2n) is 8.35. The van der Waals surface area contributed by atoms with Crippen molar-refractivity contribution in [2.24, 2.45) is 23.7 Å². The number of nitrogens with zero attached hydrogens (tertiary/aromatic N) is 1. The minimum absolute atomic E-state index is 0.0895. The van der Waals surface area contributed by atoms with Gasteiger partial charge in [-0.15, -0.1) is 0 Å². The van der Waals surface area contributed by atoms with Crippen LogP contribution in [0.25, 0.3) is 0 Å². The fourth-order valence-corrected chi connectivity index (χ4v) is 6.04. The lowest BCUT2D eigenvalue weighted by molar-refractivity contribution is -0.384. The van der Waals surface area contributed by atoms with Crippen LogP contribution in [0, 0.1) is 33.8 Å². The molecular weight excluding hydrogens is 326 g/mol. The van der Waals surface area contributed by atoms with Crippen LogP contribution in [0.3, 0.4) is 0 Å². The van der Waals surface area contributed by atoms with Crippen LogP contribution in [-0.2, 0) is 0 Å². The van der Waals surface area contributed by atoms with Crippen molar-refractivity contribution in [2.75, 3.05) is 0 Å². The number of non-ortho nitro benzene ring substituents is 1. The van der Waals surface area contributed by atoms with Crippen LogP contribution >= 0.6 is 0 Å². The van der Waals surface area contributed by atoms with Crippen LogP contribution in [0.15, 0.2) is 48.5 Å². The molecule has 4 heteroatoms. The molecule has 0 atom stereocenters. The minimum atomic E-state index is -0.383. The highest BCUT2D eigenvalue weighted by molar-refractivity contribution is 5.43. The number of nitro groups is 1. The zero-order valence-electron chi connectivity index (χ0n) is 14.7. The molecule has 0 radical (unpaired) electrons. The van der Waals surface area contributed by atoms with E-state index in [-0.39, 0.29) is 10.6 Å². The van der Waals surface area contributed by atoms with Gasteiger partial charge in [0.2, 0.25) is 0 Å². The van der Waals surface area contributed by atoms with E-state index < -0.39 is 0 Å². The van der Waals surface area contributed by atoms with Gasteiger partial charge in [-0.3, -0.25) is 10.1 Å². The van der Waals surface area contributed by atoms with Gasteiger partial charge in [0.1, 0.15) is 11.5 Å². The minimum Gasteiger partial charge on any atom is -0.457 e. The molecule has 6 rings (SSSR count). The molecule has 4 nitrogen and oxygen atoms in total. The van der Waals surface area contributed by atoms with Crippen LogP contribution in [-0.4, -0.2) is 4.92 Å². The average molecular weight is 349 g/mol. The second kappa shape index (κ2) is 6.11. The molecule has 0 unspecified atom stereocenters. The summed E-state index contributed by atoms with van der Waals surface area (Å²) in [4.78, 5) is 10.5. The molecule has 0 heterocycles. The fourth-order valence-electron chi connectivity index (χ4n) is 6.04. The van der Waals surface area contributed by atoms with Crippen molar-refractivity contribution in [3.05, 3.63) is 64.2 Å². The second-order valence-corrected chi connectivity index (χ2v) is 8.35. The Morgan fingerprint density at radius 2 is 1.46 bits per heavy atom. The summed E-state index contributed by atoms with van der Waals surface area (Å²) in [6.07, 6.45) is 6.97. The highest BCUT2D eigenvalue weighted by atomic mass is 16.6. The van der Waals surface area contributed by atoms with E-state index in [9.17, 15) is 10.1 Å². The molecule has 0 N–H and O–H groups in total. The van der Waals surface area contributed by atoms with Crippen molar-refractivity contribution in [2.45, 2.75) is 38.0 Å². The molecule has 2 aromatic rings. The topological polar surface area (TPSA) is 52.4 Å². The zero-order valence-corrected chi connectivity index (χ0v) is 14.7. The van der Waals surface area contributed by atoms with Crippen molar-refractivity contribution in [1.29, 1.82) is 0 Å². The predicted octanol–water partition coefficient (Wildman–Crippen LogP) is 5.93. The number of benzene rings is 2. The van der Waals surface area contributed by atoms with Crippen molar-refractivity contribution in [3.8, 4) is 11.5 Å². The number of nitro benzene ring substituents is 1. The van der Waals surface area contributed by atoms with E-state index in [2.05, 4.69) is 12.1 Å². The zero-order chi connectivity index (χ0) is 17.7. The maximum absolute atomic E-state index is 10.8. The monoisotopic (exact) mass is 349 g/mol. The summed E-state index contributed by atoms with van der Waals surface area (Å²) < 4.78 is 6.18. The third kappa shape index (κ3) is 2.68. The summed E-state index contributed by atoms with van der Waals surface area (Å²) >= 11 is 0. The number of ether oxygens (including phenoxy) is 1. The molecule has 0 aliphatic heterocycles. The maximum Gasteiger partial charge on any atom is 0.269 e. The summed E-state index contributed by atoms with van der Waals surface area (Å²) in [6.45, 7) is 0. The molecule has 4 saturated carbocycles. The highest BCUT2D eigenvalue weighted by Gasteiger charge is 2.49. The standard InChI is InChI=1S/C22H23NO3/c24-23(25)18-5-7-19(8-6-18)26-21-4-2-1-3-20(21)22-16-10-14-9-15(12-16)13-17(22)11-14/h1-8,14-17,22H,9-13H2. The number of rotatable bonds is 4. The van der Waals surface area contributed by atoms with E-state index in [1.54, 1.807) is 12.1 Å². The largest absolute Gasteiger partial charge is 0.457 e. The molecule has 0 saturated heterocycles. The Bertz CT molecular complexity index is 802. The lowest BCUT2D eigenvalue weighted by atomic mass is 9.50. The van der Waals surface area contributed by atoms with Gasteiger partial charge >= 0.3 is 0 Å². The Labute approximate surface area is 153 Å². The van der Waals surface area contributed by atoms with Crippen LogP contribution in [0.4, 0.5) is 5.69 Å². The first-order valence-corrected chi connectivity index (χ1v) is 9.68. The van der Waals surface area contributed by atoms with Crippen molar-refractivity contribution >= 4 is 5.69 Å². The van der Waals surface area contributed by atoms with Crippen LogP contribution < -0.4 is 4.74 Å². The van der Waals surface area contributed by atoms with Gasteiger partial charge in [0, 0.05) is 12.1 Å². The summed E-state index contributed by atoms with van der Waals surface area (Å²) in [5, 5.41) is 10.8. The van der Waals surface area contributed by atoms with Gasteiger partial charge in [-0.2, -0.15) is 0 Å². The SMILES string of the molecule is O=[N+]([O-])c1ccc(Oc2ccccc2C2C3CC4CC(C3)CC2C4)cc1. The molecule has 4 fully saturated rings. The maximum atomic E-state index is 10.8. The molecule has 0 spiro atoms. The van der Waals surface area contributed by atoms with Gasteiger partial charge in [0.15, 0.2) is 0 Å². The van der Waals surface area contributed by atoms with Crippen molar-refractivity contribution in [3.63, 3.8) is 0 Å². The molecular formula is C22H23NO3. The Hall–Kier alpha value is -2.36.